The van der Waals surface area contributed by atoms with Crippen LogP contribution in [0.3, 0.4) is 0 Å². The molecule has 2 bridgehead atoms. The summed E-state index contributed by atoms with van der Waals surface area (Å²) in [6, 6.07) is 10.8. The Kier molecular flexibility index (Phi) is 6.27. The number of hydrogen-bond acceptors (Lipinski definition) is 4. The number of piperidine rings is 1. The van der Waals surface area contributed by atoms with E-state index >= 15 is 0 Å². The Bertz CT molecular complexity index is 762. The molecule has 2 aliphatic heterocycles. The Hall–Kier alpha value is -2.34. The lowest BCUT2D eigenvalue weighted by atomic mass is 9.95. The number of nitrogens with one attached hydrogen (secondary N) is 1. The van der Waals surface area contributed by atoms with Crippen molar-refractivity contribution in [2.24, 2.45) is 0 Å². The molecule has 3 heterocycles. The minimum Gasteiger partial charge on any atom is -0.494 e. The third-order valence-electron chi connectivity index (χ3n) is 5.93. The number of H-pyrrole nitrogens is 1. The van der Waals surface area contributed by atoms with Crippen LogP contribution in [-0.2, 0) is 6.42 Å². The molecule has 1 unspecified atom stereocenters. The summed E-state index contributed by atoms with van der Waals surface area (Å²) >= 11 is 0. The first-order chi connectivity index (χ1) is 13.8. The van der Waals surface area contributed by atoms with Gasteiger partial charge in [0, 0.05) is 31.9 Å². The lowest BCUT2D eigenvalue weighted by Gasteiger charge is -2.37. The largest absolute Gasteiger partial charge is 0.494 e. The number of carbonyl (C=O) groups excluding carboxylic acids is 1. The van der Waals surface area contributed by atoms with Crippen LogP contribution in [0.5, 0.6) is 5.75 Å². The van der Waals surface area contributed by atoms with Crippen LogP contribution in [0.1, 0.15) is 48.2 Å². The van der Waals surface area contributed by atoms with Crippen molar-refractivity contribution < 1.29 is 9.53 Å². The molecule has 4 rings (SSSR count). The molecular weight excluding hydrogens is 352 g/mol. The fourth-order valence-corrected chi connectivity index (χ4v) is 4.36. The highest BCUT2D eigenvalue weighted by Gasteiger charge is 2.24. The van der Waals surface area contributed by atoms with Crippen molar-refractivity contribution in [3.8, 4) is 5.75 Å². The van der Waals surface area contributed by atoms with E-state index in [-0.39, 0.29) is 5.91 Å². The second kappa shape index (κ2) is 9.24. The zero-order valence-corrected chi connectivity index (χ0v) is 16.5. The van der Waals surface area contributed by atoms with E-state index in [9.17, 15) is 4.79 Å². The van der Waals surface area contributed by atoms with E-state index in [2.05, 4.69) is 33.3 Å². The van der Waals surface area contributed by atoms with Crippen LogP contribution in [0.25, 0.3) is 0 Å². The van der Waals surface area contributed by atoms with Gasteiger partial charge in [-0.1, -0.05) is 18.6 Å². The number of nitrogens with zero attached hydrogens (tertiary/aromatic N) is 3. The van der Waals surface area contributed by atoms with Crippen LogP contribution in [0.4, 0.5) is 0 Å². The molecule has 1 fully saturated rings. The molecule has 0 saturated carbocycles. The quantitative estimate of drug-likeness (QED) is 0.823. The summed E-state index contributed by atoms with van der Waals surface area (Å²) in [5.41, 5.74) is 1.92. The highest BCUT2D eigenvalue weighted by molar-refractivity contribution is 5.92. The van der Waals surface area contributed by atoms with E-state index in [1.807, 2.05) is 11.0 Å². The second-order valence-electron chi connectivity index (χ2n) is 7.84. The van der Waals surface area contributed by atoms with E-state index in [1.165, 1.54) is 24.8 Å². The van der Waals surface area contributed by atoms with E-state index in [1.54, 1.807) is 12.3 Å². The van der Waals surface area contributed by atoms with Gasteiger partial charge < -0.3 is 9.64 Å². The van der Waals surface area contributed by atoms with Gasteiger partial charge in [0.1, 0.15) is 11.4 Å². The van der Waals surface area contributed by atoms with Gasteiger partial charge in [-0.15, -0.1) is 0 Å². The van der Waals surface area contributed by atoms with Crippen LogP contribution >= 0.6 is 0 Å². The molecule has 1 N–H and O–H groups in total. The van der Waals surface area contributed by atoms with Crippen LogP contribution in [-0.4, -0.2) is 64.7 Å². The predicted octanol–water partition coefficient (Wildman–Crippen LogP) is 3.12. The summed E-state index contributed by atoms with van der Waals surface area (Å²) in [6.45, 7) is 4.13. The molecule has 1 aromatic heterocycles. The van der Waals surface area contributed by atoms with Gasteiger partial charge in [-0.2, -0.15) is 5.10 Å². The second-order valence-corrected chi connectivity index (χ2v) is 7.84. The van der Waals surface area contributed by atoms with Gasteiger partial charge in [-0.3, -0.25) is 14.8 Å². The number of benzene rings is 1. The van der Waals surface area contributed by atoms with E-state index in [4.69, 9.17) is 4.74 Å². The maximum Gasteiger partial charge on any atom is 0.271 e. The lowest BCUT2D eigenvalue weighted by molar-refractivity contribution is 0.0677. The molecule has 6 nitrogen and oxygen atoms in total. The minimum absolute atomic E-state index is 0.0279. The molecule has 1 atom stereocenters. The van der Waals surface area contributed by atoms with E-state index < -0.39 is 0 Å². The number of hydrogen-bond donors (Lipinski definition) is 1. The number of ether oxygens (including phenoxy) is 1. The molecule has 1 aromatic carbocycles. The lowest BCUT2D eigenvalue weighted by Crippen LogP contribution is -2.45. The van der Waals surface area contributed by atoms with Crippen LogP contribution in [0.15, 0.2) is 36.5 Å². The molecule has 1 amide bonds. The molecule has 28 heavy (non-hydrogen) atoms. The fourth-order valence-electron chi connectivity index (χ4n) is 4.36. The maximum absolute atomic E-state index is 12.9. The number of aromatic nitrogens is 2. The van der Waals surface area contributed by atoms with Gasteiger partial charge in [-0.25, -0.2) is 0 Å². The standard InChI is InChI=1S/C22H30N4O2/c27-22(21-10-11-23-24-21)26-13-4-16-28-20-7-3-5-18(17-20)8-9-19-6-1-2-12-25(19)14-15-26/h3,5,7,10-11,17,19H,1-2,4,6,8-9,12-16H2,(H,23,24). The predicted molar refractivity (Wildman–Crippen MR) is 109 cm³/mol. The number of rotatable bonds is 1. The normalized spacial score (nSPS) is 22.0. The van der Waals surface area contributed by atoms with Crippen molar-refractivity contribution >= 4 is 5.91 Å². The van der Waals surface area contributed by atoms with Crippen molar-refractivity contribution in [3.05, 3.63) is 47.8 Å². The van der Waals surface area contributed by atoms with Crippen LogP contribution < -0.4 is 4.74 Å². The van der Waals surface area contributed by atoms with E-state index in [0.717, 1.165) is 44.6 Å². The fraction of sp³-hybridized carbons (Fsp3) is 0.545. The van der Waals surface area contributed by atoms with Gasteiger partial charge in [0.25, 0.3) is 5.91 Å². The van der Waals surface area contributed by atoms with Crippen molar-refractivity contribution in [1.82, 2.24) is 20.0 Å². The Labute approximate surface area is 166 Å². The summed E-state index contributed by atoms with van der Waals surface area (Å²) in [5.74, 6) is 0.960. The number of fused-ring (bicyclic) bond motifs is 3. The highest BCUT2D eigenvalue weighted by atomic mass is 16.5. The Morgan fingerprint density at radius 2 is 2.04 bits per heavy atom. The number of carbonyl (C=O) groups is 1. The van der Waals surface area contributed by atoms with Crippen molar-refractivity contribution in [2.75, 3.05) is 32.8 Å². The van der Waals surface area contributed by atoms with Gasteiger partial charge in [0.05, 0.1) is 6.61 Å². The molecule has 1 saturated heterocycles. The number of aryl methyl sites for hydroxylation is 1. The first-order valence-electron chi connectivity index (χ1n) is 10.5. The molecule has 0 aliphatic carbocycles. The zero-order valence-electron chi connectivity index (χ0n) is 16.5. The summed E-state index contributed by atoms with van der Waals surface area (Å²) in [4.78, 5) is 17.4. The zero-order chi connectivity index (χ0) is 19.2. The topological polar surface area (TPSA) is 61.5 Å². The molecular formula is C22H30N4O2. The smallest absolute Gasteiger partial charge is 0.271 e. The SMILES string of the molecule is O=C(c1ccn[nH]1)N1CCCOc2cccc(c2)CCC2CCCCN2CC1. The summed E-state index contributed by atoms with van der Waals surface area (Å²) in [5, 5.41) is 6.75. The maximum atomic E-state index is 12.9. The Morgan fingerprint density at radius 3 is 2.93 bits per heavy atom. The summed E-state index contributed by atoms with van der Waals surface area (Å²) < 4.78 is 5.95. The van der Waals surface area contributed by atoms with Gasteiger partial charge in [0.15, 0.2) is 0 Å². The van der Waals surface area contributed by atoms with Gasteiger partial charge in [0.2, 0.25) is 0 Å². The van der Waals surface area contributed by atoms with Crippen molar-refractivity contribution in [3.63, 3.8) is 0 Å². The monoisotopic (exact) mass is 382 g/mol. The molecule has 6 heteroatoms. The summed E-state index contributed by atoms with van der Waals surface area (Å²) in [7, 11) is 0. The van der Waals surface area contributed by atoms with Crippen molar-refractivity contribution in [1.29, 1.82) is 0 Å². The first-order valence-corrected chi connectivity index (χ1v) is 10.5. The minimum atomic E-state index is 0.0279. The highest BCUT2D eigenvalue weighted by Crippen LogP contribution is 2.23. The Morgan fingerprint density at radius 1 is 1.07 bits per heavy atom. The average Bonchev–Trinajstić information content (AvgIpc) is 3.26. The first kappa shape index (κ1) is 19.0. The van der Waals surface area contributed by atoms with E-state index in [0.29, 0.717) is 24.9 Å². The third-order valence-corrected chi connectivity index (χ3v) is 5.93. The Balaban J connectivity index is 1.51. The van der Waals surface area contributed by atoms with Crippen molar-refractivity contribution in [2.45, 2.75) is 44.6 Å². The van der Waals surface area contributed by atoms with Gasteiger partial charge >= 0.3 is 0 Å². The number of aromatic amines is 1. The van der Waals surface area contributed by atoms with Gasteiger partial charge in [-0.05, 0) is 62.4 Å². The molecule has 2 aromatic rings. The number of amides is 1. The van der Waals surface area contributed by atoms with Crippen LogP contribution in [0.2, 0.25) is 0 Å². The average molecular weight is 383 g/mol. The molecule has 0 spiro atoms. The van der Waals surface area contributed by atoms with Crippen LogP contribution in [0, 0.1) is 0 Å². The molecule has 150 valence electrons. The third kappa shape index (κ3) is 4.73. The molecule has 0 radical (unpaired) electrons. The summed E-state index contributed by atoms with van der Waals surface area (Å²) in [6.07, 6.45) is 8.51. The molecule has 2 aliphatic rings.